The van der Waals surface area contributed by atoms with E-state index in [2.05, 4.69) is 9.97 Å². The summed E-state index contributed by atoms with van der Waals surface area (Å²) < 4.78 is 50.1. The maximum absolute atomic E-state index is 13.0. The van der Waals surface area contributed by atoms with Crippen molar-refractivity contribution in [2.24, 2.45) is 0 Å². The number of imidazole rings is 1. The number of hydrogen-bond donors (Lipinski definition) is 1. The first-order valence-electron chi connectivity index (χ1n) is 9.11. The van der Waals surface area contributed by atoms with E-state index in [1.54, 1.807) is 11.0 Å². The van der Waals surface area contributed by atoms with E-state index >= 15 is 0 Å². The number of aromatic amines is 1. The van der Waals surface area contributed by atoms with Gasteiger partial charge in [0.05, 0.1) is 21.5 Å². The molecule has 1 amide bonds. The molecule has 0 atom stereocenters. The summed E-state index contributed by atoms with van der Waals surface area (Å²) in [5.74, 6) is -0.731. The molecule has 1 aromatic carbocycles. The number of rotatable bonds is 2. The second-order valence-corrected chi connectivity index (χ2v) is 9.95. The Morgan fingerprint density at radius 1 is 1.22 bits per heavy atom. The van der Waals surface area contributed by atoms with Gasteiger partial charge in [-0.25, -0.2) is 22.2 Å². The first-order chi connectivity index (χ1) is 12.8. The monoisotopic (exact) mass is 397 g/mol. The fraction of sp³-hybridized carbons (Fsp3) is 0.556. The van der Waals surface area contributed by atoms with Crippen LogP contribution >= 0.6 is 0 Å². The summed E-state index contributed by atoms with van der Waals surface area (Å²) in [5, 5.41) is 0. The van der Waals surface area contributed by atoms with Crippen molar-refractivity contribution in [1.29, 1.82) is 0 Å². The van der Waals surface area contributed by atoms with Crippen LogP contribution in [0, 0.1) is 0 Å². The zero-order valence-corrected chi connectivity index (χ0v) is 15.6. The SMILES string of the molecule is O=C(c1ccc2nc(C(F)F)[nH]c2c1)N1CCS(=O)(=O)C2(CCCCC2)C1. The smallest absolute Gasteiger partial charge is 0.295 e. The molecule has 2 fully saturated rings. The first kappa shape index (κ1) is 18.3. The molecule has 2 aliphatic rings. The van der Waals surface area contributed by atoms with Gasteiger partial charge in [-0.1, -0.05) is 19.3 Å². The number of H-pyrrole nitrogens is 1. The van der Waals surface area contributed by atoms with Gasteiger partial charge in [0.15, 0.2) is 15.7 Å². The van der Waals surface area contributed by atoms with Crippen molar-refractivity contribution >= 4 is 26.8 Å². The largest absolute Gasteiger partial charge is 0.337 e. The quantitative estimate of drug-likeness (QED) is 0.844. The van der Waals surface area contributed by atoms with Gasteiger partial charge in [-0.05, 0) is 31.0 Å². The van der Waals surface area contributed by atoms with E-state index in [1.807, 2.05) is 0 Å². The molecule has 27 heavy (non-hydrogen) atoms. The average Bonchev–Trinajstić information content (AvgIpc) is 3.08. The Kier molecular flexibility index (Phi) is 4.44. The van der Waals surface area contributed by atoms with Crippen LogP contribution in [0.25, 0.3) is 11.0 Å². The summed E-state index contributed by atoms with van der Waals surface area (Å²) in [6.45, 7) is 0.365. The number of nitrogens with one attached hydrogen (secondary N) is 1. The van der Waals surface area contributed by atoms with Crippen molar-refractivity contribution in [2.75, 3.05) is 18.8 Å². The second kappa shape index (κ2) is 6.54. The fourth-order valence-electron chi connectivity index (χ4n) is 4.26. The molecule has 146 valence electrons. The minimum absolute atomic E-state index is 0.0272. The third-order valence-electron chi connectivity index (χ3n) is 5.77. The van der Waals surface area contributed by atoms with Gasteiger partial charge in [0.25, 0.3) is 12.3 Å². The highest BCUT2D eigenvalue weighted by atomic mass is 32.2. The topological polar surface area (TPSA) is 83.1 Å². The minimum atomic E-state index is -3.23. The number of aromatic nitrogens is 2. The number of halogens is 2. The summed E-state index contributed by atoms with van der Waals surface area (Å²) in [7, 11) is -3.23. The second-order valence-electron chi connectivity index (χ2n) is 7.44. The van der Waals surface area contributed by atoms with Crippen molar-refractivity contribution in [3.8, 4) is 0 Å². The minimum Gasteiger partial charge on any atom is -0.337 e. The van der Waals surface area contributed by atoms with Gasteiger partial charge in [0.2, 0.25) is 0 Å². The molecule has 4 rings (SSSR count). The van der Waals surface area contributed by atoms with Crippen LogP contribution in [0.5, 0.6) is 0 Å². The fourth-order valence-corrected chi connectivity index (χ4v) is 6.42. The lowest BCUT2D eigenvalue weighted by Crippen LogP contribution is -2.58. The third kappa shape index (κ3) is 3.11. The number of carbonyl (C=O) groups is 1. The Labute approximate surface area is 155 Å². The Bertz CT molecular complexity index is 981. The van der Waals surface area contributed by atoms with Crippen LogP contribution in [0.2, 0.25) is 0 Å². The Hall–Kier alpha value is -2.03. The van der Waals surface area contributed by atoms with Crippen molar-refractivity contribution in [3.05, 3.63) is 29.6 Å². The molecule has 1 aliphatic carbocycles. The van der Waals surface area contributed by atoms with Crippen LogP contribution in [-0.2, 0) is 9.84 Å². The highest BCUT2D eigenvalue weighted by Gasteiger charge is 2.49. The van der Waals surface area contributed by atoms with Crippen molar-refractivity contribution in [3.63, 3.8) is 0 Å². The zero-order valence-electron chi connectivity index (χ0n) is 14.7. The maximum atomic E-state index is 13.0. The van der Waals surface area contributed by atoms with E-state index in [0.717, 1.165) is 19.3 Å². The van der Waals surface area contributed by atoms with Crippen LogP contribution in [0.1, 0.15) is 54.7 Å². The standard InChI is InChI=1S/C18H21F2N3O3S/c19-15(20)16-21-13-5-4-12(10-14(13)22-16)17(24)23-8-9-27(25,26)18(11-23)6-2-1-3-7-18/h4-5,10,15H,1-3,6-9,11H2,(H,21,22). The van der Waals surface area contributed by atoms with Crippen LogP contribution < -0.4 is 0 Å². The number of hydrogen-bond acceptors (Lipinski definition) is 4. The van der Waals surface area contributed by atoms with Gasteiger partial charge in [0.1, 0.15) is 0 Å². The van der Waals surface area contributed by atoms with E-state index in [-0.39, 0.29) is 24.7 Å². The summed E-state index contributed by atoms with van der Waals surface area (Å²) in [5.41, 5.74) is 1.08. The van der Waals surface area contributed by atoms with Gasteiger partial charge in [-0.15, -0.1) is 0 Å². The van der Waals surface area contributed by atoms with Crippen molar-refractivity contribution in [1.82, 2.24) is 14.9 Å². The summed E-state index contributed by atoms with van der Waals surface area (Å²) >= 11 is 0. The molecule has 0 radical (unpaired) electrons. The summed E-state index contributed by atoms with van der Waals surface area (Å²) in [4.78, 5) is 20.9. The first-order valence-corrected chi connectivity index (χ1v) is 10.8. The van der Waals surface area contributed by atoms with E-state index in [1.165, 1.54) is 12.1 Å². The molecule has 1 N–H and O–H groups in total. The summed E-state index contributed by atoms with van der Waals surface area (Å²) in [6, 6.07) is 4.59. The van der Waals surface area contributed by atoms with E-state index in [4.69, 9.17) is 0 Å². The number of amides is 1. The Balaban J connectivity index is 1.61. The third-order valence-corrected chi connectivity index (χ3v) is 8.35. The van der Waals surface area contributed by atoms with Crippen molar-refractivity contribution < 1.29 is 22.0 Å². The molecule has 1 saturated heterocycles. The molecule has 9 heteroatoms. The predicted octanol–water partition coefficient (Wildman–Crippen LogP) is 3.07. The number of alkyl halides is 2. The molecule has 0 unspecified atom stereocenters. The molecular formula is C18H21F2N3O3S. The average molecular weight is 397 g/mol. The van der Waals surface area contributed by atoms with Crippen LogP contribution in [0.4, 0.5) is 8.78 Å². The number of sulfone groups is 1. The number of nitrogens with zero attached hydrogens (tertiary/aromatic N) is 2. The normalized spacial score (nSPS) is 21.8. The lowest BCUT2D eigenvalue weighted by Gasteiger charge is -2.44. The number of fused-ring (bicyclic) bond motifs is 1. The van der Waals surface area contributed by atoms with Crippen LogP contribution in [0.3, 0.4) is 0 Å². The zero-order chi connectivity index (χ0) is 19.2. The van der Waals surface area contributed by atoms with Crippen molar-refractivity contribution in [2.45, 2.75) is 43.3 Å². The van der Waals surface area contributed by atoms with Crippen LogP contribution in [-0.4, -0.2) is 52.8 Å². The lowest BCUT2D eigenvalue weighted by atomic mass is 9.87. The van der Waals surface area contributed by atoms with Crippen LogP contribution in [0.15, 0.2) is 18.2 Å². The Morgan fingerprint density at radius 2 is 1.96 bits per heavy atom. The highest BCUT2D eigenvalue weighted by molar-refractivity contribution is 7.92. The number of benzene rings is 1. The summed E-state index contributed by atoms with van der Waals surface area (Å²) in [6.07, 6.45) is 1.21. The predicted molar refractivity (Wildman–Crippen MR) is 96.6 cm³/mol. The molecule has 2 aromatic rings. The molecule has 6 nitrogen and oxygen atoms in total. The molecular weight excluding hydrogens is 376 g/mol. The lowest BCUT2D eigenvalue weighted by molar-refractivity contribution is 0.0723. The van der Waals surface area contributed by atoms with Gasteiger partial charge in [0, 0.05) is 18.7 Å². The Morgan fingerprint density at radius 3 is 2.67 bits per heavy atom. The van der Waals surface area contributed by atoms with E-state index in [9.17, 15) is 22.0 Å². The van der Waals surface area contributed by atoms with E-state index in [0.29, 0.717) is 29.4 Å². The maximum Gasteiger partial charge on any atom is 0.295 e. The van der Waals surface area contributed by atoms with Gasteiger partial charge in [-0.2, -0.15) is 0 Å². The molecule has 1 spiro atoms. The van der Waals surface area contributed by atoms with Gasteiger partial charge in [-0.3, -0.25) is 4.79 Å². The molecule has 1 aromatic heterocycles. The molecule has 2 heterocycles. The van der Waals surface area contributed by atoms with E-state index < -0.39 is 26.8 Å². The molecule has 1 aliphatic heterocycles. The van der Waals surface area contributed by atoms with Gasteiger partial charge < -0.3 is 9.88 Å². The highest BCUT2D eigenvalue weighted by Crippen LogP contribution is 2.39. The van der Waals surface area contributed by atoms with Gasteiger partial charge >= 0.3 is 0 Å². The molecule has 0 bridgehead atoms. The molecule has 1 saturated carbocycles. The number of carbonyl (C=O) groups excluding carboxylic acids is 1.